The zero-order chi connectivity index (χ0) is 15.2. The molecule has 4 heteroatoms. The first kappa shape index (κ1) is 15.7. The minimum absolute atomic E-state index is 0.463. The molecule has 1 aromatic heterocycles. The third-order valence-corrected chi connectivity index (χ3v) is 3.65. The van der Waals surface area contributed by atoms with E-state index in [0.717, 1.165) is 24.2 Å². The minimum atomic E-state index is -0.463. The maximum atomic E-state index is 10.2. The fourth-order valence-corrected chi connectivity index (χ4v) is 2.27. The van der Waals surface area contributed by atoms with Crippen LogP contribution >= 0.6 is 0 Å². The molecule has 0 radical (unpaired) electrons. The summed E-state index contributed by atoms with van der Waals surface area (Å²) in [6.07, 6.45) is 2.36. The lowest BCUT2D eigenvalue weighted by molar-refractivity contribution is 0.175. The molecule has 0 amide bonds. The summed E-state index contributed by atoms with van der Waals surface area (Å²) in [7, 11) is 1.92. The Morgan fingerprint density at radius 2 is 1.81 bits per heavy atom. The Morgan fingerprint density at radius 3 is 2.38 bits per heavy atom. The molecular weight excluding hydrogens is 262 g/mol. The maximum absolute atomic E-state index is 10.2. The van der Waals surface area contributed by atoms with E-state index in [1.807, 2.05) is 31.4 Å². The molecule has 4 nitrogen and oxygen atoms in total. The zero-order valence-corrected chi connectivity index (χ0v) is 13.1. The molecule has 1 heterocycles. The largest absolute Gasteiger partial charge is 0.387 e. The van der Waals surface area contributed by atoms with Crippen molar-refractivity contribution in [3.8, 4) is 0 Å². The number of nitrogens with one attached hydrogen (secondary N) is 1. The van der Waals surface area contributed by atoms with Gasteiger partial charge in [0.2, 0.25) is 0 Å². The zero-order valence-electron chi connectivity index (χ0n) is 13.1. The Kier molecular flexibility index (Phi) is 5.53. The van der Waals surface area contributed by atoms with Crippen LogP contribution in [0.5, 0.6) is 0 Å². The van der Waals surface area contributed by atoms with Gasteiger partial charge in [-0.25, -0.2) is 0 Å². The Balaban J connectivity index is 1.75. The van der Waals surface area contributed by atoms with Crippen LogP contribution in [0, 0.1) is 0 Å². The third-order valence-electron chi connectivity index (χ3n) is 3.65. The van der Waals surface area contributed by atoms with Crippen molar-refractivity contribution in [3.63, 3.8) is 0 Å². The van der Waals surface area contributed by atoms with Gasteiger partial charge in [0, 0.05) is 32.8 Å². The lowest BCUT2D eigenvalue weighted by Crippen LogP contribution is -2.23. The molecule has 2 aromatic rings. The number of aryl methyl sites for hydroxylation is 1. The number of nitrogens with zero attached hydrogens (tertiary/aromatic N) is 2. The average molecular weight is 287 g/mol. The summed E-state index contributed by atoms with van der Waals surface area (Å²) < 4.78 is 1.81. The molecule has 1 aromatic carbocycles. The molecule has 1 unspecified atom stereocenters. The number of rotatable bonds is 7. The molecule has 21 heavy (non-hydrogen) atoms. The summed E-state index contributed by atoms with van der Waals surface area (Å²) in [6, 6.07) is 10.2. The molecule has 114 valence electrons. The Hall–Kier alpha value is -1.65. The van der Waals surface area contributed by atoms with Gasteiger partial charge in [-0.15, -0.1) is 0 Å². The second kappa shape index (κ2) is 7.38. The molecule has 2 N–H and O–H groups in total. The number of aromatic nitrogens is 2. The average Bonchev–Trinajstić information content (AvgIpc) is 2.89. The number of aliphatic hydroxyl groups excluding tert-OH is 1. The Morgan fingerprint density at radius 1 is 1.14 bits per heavy atom. The van der Waals surface area contributed by atoms with Gasteiger partial charge in [-0.3, -0.25) is 4.68 Å². The SMILES string of the molecule is CC(C)c1ccc(C(O)CNCCc2ccn(C)n2)cc1. The predicted molar refractivity (Wildman–Crippen MR) is 85.3 cm³/mol. The van der Waals surface area contributed by atoms with Gasteiger partial charge in [-0.1, -0.05) is 38.1 Å². The Labute approximate surface area is 126 Å². The maximum Gasteiger partial charge on any atom is 0.0914 e. The standard InChI is InChI=1S/C17H25N3O/c1-13(2)14-4-6-15(7-5-14)17(21)12-18-10-8-16-9-11-20(3)19-16/h4-7,9,11,13,17-18,21H,8,10,12H2,1-3H3. The minimum Gasteiger partial charge on any atom is -0.387 e. The lowest BCUT2D eigenvalue weighted by atomic mass is 10.00. The van der Waals surface area contributed by atoms with Gasteiger partial charge in [-0.05, 0) is 23.1 Å². The first-order valence-corrected chi connectivity index (χ1v) is 7.53. The van der Waals surface area contributed by atoms with Crippen molar-refractivity contribution in [1.29, 1.82) is 0 Å². The first-order valence-electron chi connectivity index (χ1n) is 7.53. The van der Waals surface area contributed by atoms with Gasteiger partial charge in [0.15, 0.2) is 0 Å². The molecule has 0 aliphatic rings. The highest BCUT2D eigenvalue weighted by molar-refractivity contribution is 5.26. The third kappa shape index (κ3) is 4.69. The van der Waals surface area contributed by atoms with Gasteiger partial charge in [0.1, 0.15) is 0 Å². The lowest BCUT2D eigenvalue weighted by Gasteiger charge is -2.13. The monoisotopic (exact) mass is 287 g/mol. The van der Waals surface area contributed by atoms with E-state index in [1.165, 1.54) is 5.56 Å². The molecule has 2 rings (SSSR count). The number of aliphatic hydroxyl groups is 1. The number of hydrogen-bond donors (Lipinski definition) is 2. The van der Waals surface area contributed by atoms with Crippen molar-refractivity contribution < 1.29 is 5.11 Å². The fraction of sp³-hybridized carbons (Fsp3) is 0.471. The first-order chi connectivity index (χ1) is 10.1. The van der Waals surface area contributed by atoms with Crippen LogP contribution in [0.15, 0.2) is 36.5 Å². The highest BCUT2D eigenvalue weighted by atomic mass is 16.3. The van der Waals surface area contributed by atoms with Crippen molar-refractivity contribution in [1.82, 2.24) is 15.1 Å². The van der Waals surface area contributed by atoms with Gasteiger partial charge in [0.05, 0.1) is 11.8 Å². The van der Waals surface area contributed by atoms with Gasteiger partial charge in [-0.2, -0.15) is 5.10 Å². The van der Waals surface area contributed by atoms with E-state index >= 15 is 0 Å². The summed E-state index contributed by atoms with van der Waals surface area (Å²) in [4.78, 5) is 0. The van der Waals surface area contributed by atoms with Crippen molar-refractivity contribution >= 4 is 0 Å². The van der Waals surface area contributed by atoms with Gasteiger partial charge >= 0.3 is 0 Å². The summed E-state index contributed by atoms with van der Waals surface area (Å²) in [5.74, 6) is 0.521. The van der Waals surface area contributed by atoms with E-state index < -0.39 is 6.10 Å². The predicted octanol–water partition coefficient (Wildman–Crippen LogP) is 2.41. The van der Waals surface area contributed by atoms with E-state index in [0.29, 0.717) is 12.5 Å². The molecule has 0 fully saturated rings. The van der Waals surface area contributed by atoms with E-state index in [4.69, 9.17) is 0 Å². The summed E-state index contributed by atoms with van der Waals surface area (Å²) in [6.45, 7) is 5.72. The number of benzene rings is 1. The molecule has 0 saturated heterocycles. The molecule has 0 aliphatic carbocycles. The topological polar surface area (TPSA) is 50.1 Å². The smallest absolute Gasteiger partial charge is 0.0914 e. The summed E-state index contributed by atoms with van der Waals surface area (Å²) in [5, 5.41) is 17.8. The van der Waals surface area contributed by atoms with Gasteiger partial charge in [0.25, 0.3) is 0 Å². The highest BCUT2D eigenvalue weighted by Gasteiger charge is 2.08. The van der Waals surface area contributed by atoms with Crippen LogP contribution in [0.1, 0.15) is 42.7 Å². The van der Waals surface area contributed by atoms with E-state index in [1.54, 1.807) is 4.68 Å². The second-order valence-corrected chi connectivity index (χ2v) is 5.77. The molecule has 0 spiro atoms. The molecule has 1 atom stereocenters. The number of hydrogen-bond acceptors (Lipinski definition) is 3. The molecule has 0 aliphatic heterocycles. The normalized spacial score (nSPS) is 12.8. The van der Waals surface area contributed by atoms with Crippen molar-refractivity contribution in [2.75, 3.05) is 13.1 Å². The molecule has 0 bridgehead atoms. The van der Waals surface area contributed by atoms with E-state index in [9.17, 15) is 5.11 Å². The van der Waals surface area contributed by atoms with E-state index in [2.05, 4.69) is 36.4 Å². The van der Waals surface area contributed by atoms with Crippen LogP contribution in [0.2, 0.25) is 0 Å². The molecular formula is C17H25N3O. The van der Waals surface area contributed by atoms with Crippen molar-refractivity contribution in [2.24, 2.45) is 7.05 Å². The van der Waals surface area contributed by atoms with Crippen LogP contribution in [-0.2, 0) is 13.5 Å². The summed E-state index contributed by atoms with van der Waals surface area (Å²) >= 11 is 0. The van der Waals surface area contributed by atoms with E-state index in [-0.39, 0.29) is 0 Å². The van der Waals surface area contributed by atoms with Crippen LogP contribution < -0.4 is 5.32 Å². The van der Waals surface area contributed by atoms with Crippen LogP contribution in [0.25, 0.3) is 0 Å². The van der Waals surface area contributed by atoms with Crippen molar-refractivity contribution in [3.05, 3.63) is 53.3 Å². The molecule has 0 saturated carbocycles. The highest BCUT2D eigenvalue weighted by Crippen LogP contribution is 2.18. The Bertz CT molecular complexity index is 545. The van der Waals surface area contributed by atoms with Gasteiger partial charge < -0.3 is 10.4 Å². The van der Waals surface area contributed by atoms with Crippen LogP contribution in [-0.4, -0.2) is 28.0 Å². The summed E-state index contributed by atoms with van der Waals surface area (Å²) in [5.41, 5.74) is 3.33. The van der Waals surface area contributed by atoms with Crippen LogP contribution in [0.4, 0.5) is 0 Å². The quantitative estimate of drug-likeness (QED) is 0.769. The fourth-order valence-electron chi connectivity index (χ4n) is 2.27. The second-order valence-electron chi connectivity index (χ2n) is 5.77. The van der Waals surface area contributed by atoms with Crippen LogP contribution in [0.3, 0.4) is 0 Å². The van der Waals surface area contributed by atoms with Crippen molar-refractivity contribution in [2.45, 2.75) is 32.3 Å².